The lowest BCUT2D eigenvalue weighted by molar-refractivity contribution is 0.0827. The normalized spacial score (nSPS) is 11.8. The fourth-order valence-corrected chi connectivity index (χ4v) is 2.33. The third-order valence-corrected chi connectivity index (χ3v) is 3.75. The van der Waals surface area contributed by atoms with Gasteiger partial charge in [-0.15, -0.1) is 11.6 Å². The van der Waals surface area contributed by atoms with E-state index in [1.807, 2.05) is 36.4 Å². The van der Waals surface area contributed by atoms with Gasteiger partial charge in [0.25, 0.3) is 5.91 Å². The maximum Gasteiger partial charge on any atom is 0.253 e. The summed E-state index contributed by atoms with van der Waals surface area (Å²) >= 11 is 6.50. The molecular weight excluding hydrogens is 286 g/mol. The van der Waals surface area contributed by atoms with Crippen molar-refractivity contribution in [2.75, 3.05) is 21.2 Å². The average molecular weight is 304 g/mol. The van der Waals surface area contributed by atoms with Gasteiger partial charge >= 0.3 is 0 Å². The zero-order valence-corrected chi connectivity index (χ0v) is 13.1. The van der Waals surface area contributed by atoms with Crippen LogP contribution in [0.5, 0.6) is 5.75 Å². The van der Waals surface area contributed by atoms with Gasteiger partial charge in [-0.3, -0.25) is 4.79 Å². The molecule has 1 amide bonds. The van der Waals surface area contributed by atoms with Gasteiger partial charge in [0.05, 0.1) is 12.5 Å². The summed E-state index contributed by atoms with van der Waals surface area (Å²) in [5, 5.41) is -0.274. The molecule has 0 heterocycles. The van der Waals surface area contributed by atoms with Crippen molar-refractivity contribution < 1.29 is 9.53 Å². The summed E-state index contributed by atoms with van der Waals surface area (Å²) in [6.45, 7) is 0. The number of hydrogen-bond donors (Lipinski definition) is 0. The van der Waals surface area contributed by atoms with Crippen LogP contribution in [0, 0.1) is 0 Å². The Hall–Kier alpha value is -2.00. The fourth-order valence-electron chi connectivity index (χ4n) is 2.04. The Kier molecular flexibility index (Phi) is 4.86. The van der Waals surface area contributed by atoms with Crippen molar-refractivity contribution in [3.63, 3.8) is 0 Å². The largest absolute Gasteiger partial charge is 0.497 e. The Bertz CT molecular complexity index is 623. The van der Waals surface area contributed by atoms with Crippen molar-refractivity contribution in [3.05, 3.63) is 65.2 Å². The number of ether oxygens (including phenoxy) is 1. The van der Waals surface area contributed by atoms with E-state index in [0.717, 1.165) is 16.9 Å². The molecule has 2 rings (SSSR count). The van der Waals surface area contributed by atoms with Crippen molar-refractivity contribution in [1.82, 2.24) is 4.90 Å². The molecule has 0 saturated heterocycles. The van der Waals surface area contributed by atoms with Crippen molar-refractivity contribution in [3.8, 4) is 5.75 Å². The number of alkyl halides is 1. The first-order valence-electron chi connectivity index (χ1n) is 6.62. The van der Waals surface area contributed by atoms with Crippen LogP contribution >= 0.6 is 11.6 Å². The van der Waals surface area contributed by atoms with Crippen molar-refractivity contribution in [1.29, 1.82) is 0 Å². The Labute approximate surface area is 130 Å². The zero-order valence-electron chi connectivity index (χ0n) is 12.3. The van der Waals surface area contributed by atoms with Gasteiger partial charge in [0.2, 0.25) is 0 Å². The molecule has 0 aromatic heterocycles. The number of hydrogen-bond acceptors (Lipinski definition) is 2. The molecule has 110 valence electrons. The lowest BCUT2D eigenvalue weighted by atomic mass is 10.0. The van der Waals surface area contributed by atoms with Gasteiger partial charge in [-0.2, -0.15) is 0 Å². The minimum Gasteiger partial charge on any atom is -0.497 e. The molecular formula is C17H18ClNO2. The maximum atomic E-state index is 11.9. The molecule has 0 unspecified atom stereocenters. The predicted octanol–water partition coefficient (Wildman–Crippen LogP) is 3.73. The van der Waals surface area contributed by atoms with E-state index in [4.69, 9.17) is 16.3 Å². The van der Waals surface area contributed by atoms with Gasteiger partial charge in [0.1, 0.15) is 5.75 Å². The molecule has 0 saturated carbocycles. The quantitative estimate of drug-likeness (QED) is 0.806. The average Bonchev–Trinajstić information content (AvgIpc) is 2.53. The molecule has 0 aliphatic rings. The monoisotopic (exact) mass is 303 g/mol. The van der Waals surface area contributed by atoms with E-state index in [0.29, 0.717) is 5.56 Å². The summed E-state index contributed by atoms with van der Waals surface area (Å²) in [7, 11) is 5.09. The topological polar surface area (TPSA) is 29.5 Å². The van der Waals surface area contributed by atoms with E-state index in [9.17, 15) is 4.79 Å². The number of rotatable bonds is 4. The summed E-state index contributed by atoms with van der Waals surface area (Å²) in [6.07, 6.45) is 0. The van der Waals surface area contributed by atoms with Crippen LogP contribution in [0.3, 0.4) is 0 Å². The number of nitrogens with zero attached hydrogens (tertiary/aromatic N) is 1. The number of amides is 1. The van der Waals surface area contributed by atoms with Gasteiger partial charge in [0.15, 0.2) is 0 Å². The molecule has 2 aromatic rings. The second kappa shape index (κ2) is 6.64. The van der Waals surface area contributed by atoms with Crippen molar-refractivity contribution in [2.24, 2.45) is 0 Å². The molecule has 0 N–H and O–H groups in total. The minimum atomic E-state index is -0.274. The second-order valence-electron chi connectivity index (χ2n) is 4.96. The zero-order chi connectivity index (χ0) is 15.4. The number of carbonyl (C=O) groups is 1. The van der Waals surface area contributed by atoms with E-state index in [1.54, 1.807) is 38.2 Å². The summed E-state index contributed by atoms with van der Waals surface area (Å²) in [4.78, 5) is 13.4. The molecule has 0 fully saturated rings. The highest BCUT2D eigenvalue weighted by Crippen LogP contribution is 2.30. The highest BCUT2D eigenvalue weighted by atomic mass is 35.5. The predicted molar refractivity (Wildman–Crippen MR) is 85.1 cm³/mol. The Morgan fingerprint density at radius 3 is 2.33 bits per heavy atom. The molecule has 1 atom stereocenters. The highest BCUT2D eigenvalue weighted by molar-refractivity contribution is 6.22. The summed E-state index contributed by atoms with van der Waals surface area (Å²) in [5.41, 5.74) is 2.56. The number of halogens is 1. The van der Waals surface area contributed by atoms with Crippen molar-refractivity contribution in [2.45, 2.75) is 5.38 Å². The van der Waals surface area contributed by atoms with Crippen LogP contribution in [0.25, 0.3) is 0 Å². The minimum absolute atomic E-state index is 0.0194. The van der Waals surface area contributed by atoms with Gasteiger partial charge in [-0.05, 0) is 35.4 Å². The van der Waals surface area contributed by atoms with E-state index < -0.39 is 0 Å². The fraction of sp³-hybridized carbons (Fsp3) is 0.235. The number of carbonyl (C=O) groups excluding carboxylic acids is 1. The van der Waals surface area contributed by atoms with Crippen LogP contribution < -0.4 is 4.74 Å². The van der Waals surface area contributed by atoms with E-state index in [2.05, 4.69) is 0 Å². The molecule has 3 nitrogen and oxygen atoms in total. The summed E-state index contributed by atoms with van der Waals surface area (Å²) < 4.78 is 5.21. The molecule has 0 aliphatic carbocycles. The molecule has 21 heavy (non-hydrogen) atoms. The third-order valence-electron chi connectivity index (χ3n) is 3.24. The summed E-state index contributed by atoms with van der Waals surface area (Å²) in [6, 6.07) is 15.0. The molecule has 0 bridgehead atoms. The van der Waals surface area contributed by atoms with Crippen LogP contribution in [0.15, 0.2) is 48.5 Å². The highest BCUT2D eigenvalue weighted by Gasteiger charge is 2.13. The van der Waals surface area contributed by atoms with E-state index in [1.165, 1.54) is 0 Å². The van der Waals surface area contributed by atoms with Gasteiger partial charge in [-0.25, -0.2) is 0 Å². The first kappa shape index (κ1) is 15.4. The molecule has 0 aliphatic heterocycles. The summed E-state index contributed by atoms with van der Waals surface area (Å²) in [5.74, 6) is 0.756. The first-order chi connectivity index (χ1) is 10.0. The van der Waals surface area contributed by atoms with Crippen molar-refractivity contribution >= 4 is 17.5 Å². The molecule has 4 heteroatoms. The first-order valence-corrected chi connectivity index (χ1v) is 7.06. The van der Waals surface area contributed by atoms with Crippen LogP contribution in [-0.2, 0) is 0 Å². The maximum absolute atomic E-state index is 11.9. The lowest BCUT2D eigenvalue weighted by Crippen LogP contribution is -2.21. The van der Waals surface area contributed by atoms with E-state index in [-0.39, 0.29) is 11.3 Å². The molecule has 0 spiro atoms. The molecule has 2 aromatic carbocycles. The van der Waals surface area contributed by atoms with Gasteiger partial charge in [0, 0.05) is 19.7 Å². The van der Waals surface area contributed by atoms with Crippen LogP contribution in [0.2, 0.25) is 0 Å². The Morgan fingerprint density at radius 1 is 1.10 bits per heavy atom. The third kappa shape index (κ3) is 3.56. The van der Waals surface area contributed by atoms with Crippen LogP contribution in [-0.4, -0.2) is 32.0 Å². The Balaban J connectivity index is 2.23. The van der Waals surface area contributed by atoms with Crippen LogP contribution in [0.1, 0.15) is 26.9 Å². The number of methoxy groups -OCH3 is 1. The number of benzene rings is 2. The van der Waals surface area contributed by atoms with Gasteiger partial charge in [-0.1, -0.05) is 24.3 Å². The van der Waals surface area contributed by atoms with Gasteiger partial charge < -0.3 is 9.64 Å². The standard InChI is InChI=1S/C17H18ClNO2/c1-19(2)17(20)13-9-7-12(8-10-13)16(18)14-5-4-6-15(11-14)21-3/h4-11,16H,1-3H3/t16-/m1/s1. The second-order valence-corrected chi connectivity index (χ2v) is 5.40. The van der Waals surface area contributed by atoms with E-state index >= 15 is 0 Å². The lowest BCUT2D eigenvalue weighted by Gasteiger charge is -2.13. The SMILES string of the molecule is COc1cccc([C@H](Cl)c2ccc(C(=O)N(C)C)cc2)c1. The Morgan fingerprint density at radius 2 is 1.76 bits per heavy atom. The molecule has 0 radical (unpaired) electrons. The smallest absolute Gasteiger partial charge is 0.253 e. The van der Waals surface area contributed by atoms with Crippen LogP contribution in [0.4, 0.5) is 0 Å².